The number of nitrogens with two attached hydrogens (primary N) is 1. The van der Waals surface area contributed by atoms with E-state index < -0.39 is 13.9 Å². The fourth-order valence-corrected chi connectivity index (χ4v) is 6.60. The lowest BCUT2D eigenvalue weighted by Gasteiger charge is -2.20. The molecule has 0 amide bonds. The van der Waals surface area contributed by atoms with Gasteiger partial charge in [-0.3, -0.25) is 13.8 Å². The van der Waals surface area contributed by atoms with Gasteiger partial charge in [-0.15, -0.1) is 0 Å². The molecule has 0 saturated heterocycles. The maximum atomic E-state index is 12.6. The Hall–Kier alpha value is -1.28. The largest absolute Gasteiger partial charge is 0.472 e. The van der Waals surface area contributed by atoms with E-state index in [9.17, 15) is 14.3 Å². The Morgan fingerprint density at radius 1 is 0.577 bits per heavy atom. The van der Waals surface area contributed by atoms with Crippen LogP contribution in [0.25, 0.3) is 0 Å². The molecule has 0 aromatic rings. The van der Waals surface area contributed by atoms with Crippen LogP contribution < -0.4 is 5.73 Å². The number of carbonyl (C=O) groups is 1. The molecule has 2 unspecified atom stereocenters. The summed E-state index contributed by atoms with van der Waals surface area (Å²) >= 11 is 0. The molecule has 0 radical (unpaired) electrons. The van der Waals surface area contributed by atoms with Crippen LogP contribution in [0.4, 0.5) is 0 Å². The van der Waals surface area contributed by atoms with E-state index in [1.807, 2.05) is 0 Å². The zero-order valence-electron chi connectivity index (χ0n) is 33.8. The molecule has 0 spiro atoms. The Balaban J connectivity index is 4.05. The van der Waals surface area contributed by atoms with Gasteiger partial charge in [0.2, 0.25) is 0 Å². The number of phosphoric acid groups is 1. The van der Waals surface area contributed by atoms with E-state index in [1.165, 1.54) is 122 Å². The topological polar surface area (TPSA) is 117 Å². The highest BCUT2D eigenvalue weighted by Gasteiger charge is 2.25. The highest BCUT2D eigenvalue weighted by Crippen LogP contribution is 2.43. The first-order valence-electron chi connectivity index (χ1n) is 21.5. The predicted molar refractivity (Wildman–Crippen MR) is 220 cm³/mol. The molecule has 0 aliphatic heterocycles. The fraction of sp³-hybridized carbons (Fsp3) is 0.837. The third kappa shape index (κ3) is 39.9. The summed E-state index contributed by atoms with van der Waals surface area (Å²) in [5.41, 5.74) is 5.36. The van der Waals surface area contributed by atoms with Gasteiger partial charge >= 0.3 is 13.8 Å². The number of rotatable bonds is 41. The standard InChI is InChI=1S/C43H82NO7P/c1-3-5-7-9-11-13-15-17-19-20-21-22-24-26-28-30-32-34-36-43(45)51-42(41-50-52(46,47)49-39-37-44)40-48-38-35-33-31-29-27-25-23-18-16-14-12-10-8-6-4-2/h10,12,16,18-20,42H,3-9,11,13-15,17,21-41,44H2,1-2H3,(H,46,47)/b12-10-,18-16-,20-19-. The molecule has 2 atom stereocenters. The van der Waals surface area contributed by atoms with Crippen molar-refractivity contribution >= 4 is 13.8 Å². The van der Waals surface area contributed by atoms with Crippen molar-refractivity contribution in [3.8, 4) is 0 Å². The van der Waals surface area contributed by atoms with Crippen LogP contribution in [0, 0.1) is 0 Å². The Morgan fingerprint density at radius 3 is 1.58 bits per heavy atom. The van der Waals surface area contributed by atoms with Crippen LogP contribution in [-0.4, -0.2) is 49.9 Å². The second-order valence-corrected chi connectivity index (χ2v) is 15.7. The van der Waals surface area contributed by atoms with E-state index in [2.05, 4.69) is 50.3 Å². The minimum Gasteiger partial charge on any atom is -0.457 e. The Bertz CT molecular complexity index is 895. The van der Waals surface area contributed by atoms with E-state index in [0.29, 0.717) is 13.0 Å². The van der Waals surface area contributed by atoms with Crippen LogP contribution in [0.2, 0.25) is 0 Å². The number of phosphoric ester groups is 1. The average Bonchev–Trinajstić information content (AvgIpc) is 3.13. The number of allylic oxidation sites excluding steroid dienone is 6. The minimum atomic E-state index is -4.28. The van der Waals surface area contributed by atoms with E-state index in [-0.39, 0.29) is 32.3 Å². The van der Waals surface area contributed by atoms with Crippen LogP contribution in [-0.2, 0) is 27.9 Å². The van der Waals surface area contributed by atoms with Crippen molar-refractivity contribution in [2.75, 3.05) is 33.0 Å². The van der Waals surface area contributed by atoms with Gasteiger partial charge in [0, 0.05) is 19.6 Å². The van der Waals surface area contributed by atoms with E-state index >= 15 is 0 Å². The van der Waals surface area contributed by atoms with Crippen molar-refractivity contribution in [3.63, 3.8) is 0 Å². The molecule has 0 saturated carbocycles. The number of hydrogen-bond acceptors (Lipinski definition) is 7. The summed E-state index contributed by atoms with van der Waals surface area (Å²) in [6.45, 7) is 4.86. The molecular formula is C43H82NO7P. The molecule has 0 heterocycles. The fourth-order valence-electron chi connectivity index (χ4n) is 5.83. The summed E-state index contributed by atoms with van der Waals surface area (Å²) in [4.78, 5) is 22.5. The molecule has 0 bridgehead atoms. The highest BCUT2D eigenvalue weighted by molar-refractivity contribution is 7.47. The number of ether oxygens (including phenoxy) is 2. The van der Waals surface area contributed by atoms with Crippen molar-refractivity contribution in [1.29, 1.82) is 0 Å². The number of unbranched alkanes of at least 4 members (excludes halogenated alkanes) is 22. The molecule has 0 rings (SSSR count). The maximum Gasteiger partial charge on any atom is 0.472 e. The predicted octanol–water partition coefficient (Wildman–Crippen LogP) is 12.6. The summed E-state index contributed by atoms with van der Waals surface area (Å²) in [6, 6.07) is 0. The van der Waals surface area contributed by atoms with Gasteiger partial charge in [0.05, 0.1) is 19.8 Å². The van der Waals surface area contributed by atoms with Crippen molar-refractivity contribution in [2.24, 2.45) is 5.73 Å². The van der Waals surface area contributed by atoms with Crippen LogP contribution in [0.3, 0.4) is 0 Å². The summed E-state index contributed by atoms with van der Waals surface area (Å²) in [5, 5.41) is 0. The molecule has 52 heavy (non-hydrogen) atoms. The molecule has 0 fully saturated rings. The molecule has 0 aliphatic rings. The molecular weight excluding hydrogens is 673 g/mol. The minimum absolute atomic E-state index is 0.0975. The quantitative estimate of drug-likeness (QED) is 0.0274. The molecule has 306 valence electrons. The van der Waals surface area contributed by atoms with E-state index in [0.717, 1.165) is 51.4 Å². The number of esters is 1. The first kappa shape index (κ1) is 50.7. The van der Waals surface area contributed by atoms with E-state index in [1.54, 1.807) is 0 Å². The molecule has 0 aromatic carbocycles. The zero-order valence-corrected chi connectivity index (χ0v) is 34.7. The summed E-state index contributed by atoms with van der Waals surface area (Å²) < 4.78 is 33.4. The first-order chi connectivity index (χ1) is 25.4. The third-order valence-corrected chi connectivity index (χ3v) is 10.0. The molecule has 8 nitrogen and oxygen atoms in total. The van der Waals surface area contributed by atoms with Crippen molar-refractivity contribution < 1.29 is 32.8 Å². The number of hydrogen-bond donors (Lipinski definition) is 2. The van der Waals surface area contributed by atoms with Crippen LogP contribution in [0.15, 0.2) is 36.5 Å². The van der Waals surface area contributed by atoms with Crippen molar-refractivity contribution in [1.82, 2.24) is 0 Å². The van der Waals surface area contributed by atoms with Gasteiger partial charge in [0.1, 0.15) is 6.10 Å². The van der Waals surface area contributed by atoms with Gasteiger partial charge in [-0.05, 0) is 64.2 Å². The van der Waals surface area contributed by atoms with Crippen LogP contribution in [0.1, 0.15) is 194 Å². The second-order valence-electron chi connectivity index (χ2n) is 14.2. The first-order valence-corrected chi connectivity index (χ1v) is 23.0. The normalized spacial score (nSPS) is 13.8. The summed E-state index contributed by atoms with van der Waals surface area (Å²) in [6.07, 6.45) is 45.8. The molecule has 0 aromatic heterocycles. The maximum absolute atomic E-state index is 12.6. The van der Waals surface area contributed by atoms with Gasteiger partial charge in [-0.1, -0.05) is 159 Å². The van der Waals surface area contributed by atoms with Gasteiger partial charge < -0.3 is 20.1 Å². The zero-order chi connectivity index (χ0) is 38.1. The molecule has 9 heteroatoms. The lowest BCUT2D eigenvalue weighted by Crippen LogP contribution is -2.28. The van der Waals surface area contributed by atoms with Gasteiger partial charge in [0.15, 0.2) is 0 Å². The van der Waals surface area contributed by atoms with Gasteiger partial charge in [-0.2, -0.15) is 0 Å². The van der Waals surface area contributed by atoms with Gasteiger partial charge in [0.25, 0.3) is 0 Å². The monoisotopic (exact) mass is 756 g/mol. The highest BCUT2D eigenvalue weighted by atomic mass is 31.2. The lowest BCUT2D eigenvalue weighted by molar-refractivity contribution is -0.154. The van der Waals surface area contributed by atoms with E-state index in [4.69, 9.17) is 24.3 Å². The molecule has 0 aliphatic carbocycles. The van der Waals surface area contributed by atoms with Crippen molar-refractivity contribution in [2.45, 2.75) is 200 Å². The molecule has 3 N–H and O–H groups in total. The third-order valence-electron chi connectivity index (χ3n) is 9.03. The smallest absolute Gasteiger partial charge is 0.457 e. The van der Waals surface area contributed by atoms with Crippen LogP contribution in [0.5, 0.6) is 0 Å². The Morgan fingerprint density at radius 2 is 1.04 bits per heavy atom. The lowest BCUT2D eigenvalue weighted by atomic mass is 10.1. The second kappa shape index (κ2) is 40.9. The number of carbonyl (C=O) groups excluding carboxylic acids is 1. The summed E-state index contributed by atoms with van der Waals surface area (Å²) in [7, 11) is -4.28. The van der Waals surface area contributed by atoms with Crippen LogP contribution >= 0.6 is 7.82 Å². The average molecular weight is 756 g/mol. The van der Waals surface area contributed by atoms with Gasteiger partial charge in [-0.25, -0.2) is 4.57 Å². The summed E-state index contributed by atoms with van der Waals surface area (Å²) in [5.74, 6) is -0.339. The Kier molecular flexibility index (Phi) is 39.9. The van der Waals surface area contributed by atoms with Crippen molar-refractivity contribution in [3.05, 3.63) is 36.5 Å². The SMILES string of the molecule is CCCC/C=C\C/C=C\CCCCCCCCOCC(COP(=O)(O)OCCN)OC(=O)CCCCCCCCC/C=C\CCCCCCCCC. The Labute approximate surface area is 320 Å².